The Labute approximate surface area is 223 Å². The second kappa shape index (κ2) is 11.5. The first-order chi connectivity index (χ1) is 18.5. The molecule has 1 fully saturated rings. The molecule has 1 atom stereocenters. The minimum absolute atomic E-state index is 0.0153. The van der Waals surface area contributed by atoms with Gasteiger partial charge in [0.2, 0.25) is 5.91 Å². The van der Waals surface area contributed by atoms with Crippen LogP contribution in [0, 0.1) is 0 Å². The van der Waals surface area contributed by atoms with Crippen molar-refractivity contribution in [2.45, 2.75) is 58.3 Å². The number of nitrogens with zero attached hydrogens (tertiary/aromatic N) is 3. The molecule has 0 saturated carbocycles. The maximum atomic E-state index is 13.7. The van der Waals surface area contributed by atoms with Crippen LogP contribution in [0.4, 0.5) is 4.79 Å². The maximum Gasteiger partial charge on any atom is 0.410 e. The number of aromatic nitrogens is 2. The Hall–Kier alpha value is -3.44. The fraction of sp³-hybridized carbons (Fsp3) is 0.481. The fourth-order valence-corrected chi connectivity index (χ4v) is 6.43. The van der Waals surface area contributed by atoms with Crippen molar-refractivity contribution in [2.75, 3.05) is 26.3 Å². The van der Waals surface area contributed by atoms with E-state index in [0.717, 1.165) is 28.8 Å². The van der Waals surface area contributed by atoms with Crippen LogP contribution in [0.2, 0.25) is 0 Å². The van der Waals surface area contributed by atoms with Crippen LogP contribution in [0.3, 0.4) is 0 Å². The minimum Gasteiger partial charge on any atom is -0.450 e. The van der Waals surface area contributed by atoms with Crippen molar-refractivity contribution in [3.05, 3.63) is 67.2 Å². The highest BCUT2D eigenvalue weighted by atomic mass is 32.1. The molecule has 1 N–H and O–H groups in total. The van der Waals surface area contributed by atoms with Gasteiger partial charge in [0.25, 0.3) is 5.56 Å². The average molecular weight is 541 g/mol. The number of amides is 2. The summed E-state index contributed by atoms with van der Waals surface area (Å²) in [5, 5.41) is 3.34. The lowest BCUT2D eigenvalue weighted by atomic mass is 10.1. The first-order valence-electron chi connectivity index (χ1n) is 13.1. The molecule has 2 amide bonds. The molecule has 0 bridgehead atoms. The van der Waals surface area contributed by atoms with E-state index in [1.54, 1.807) is 11.8 Å². The van der Waals surface area contributed by atoms with Crippen LogP contribution in [-0.4, -0.2) is 58.4 Å². The van der Waals surface area contributed by atoms with Gasteiger partial charge in [0, 0.05) is 31.1 Å². The molecule has 2 aromatic heterocycles. The number of aryl methyl sites for hydroxylation is 1. The number of hydrogen-bond donors (Lipinski definition) is 1. The highest BCUT2D eigenvalue weighted by Crippen LogP contribution is 2.33. The van der Waals surface area contributed by atoms with Gasteiger partial charge in [-0.1, -0.05) is 30.3 Å². The van der Waals surface area contributed by atoms with Crippen molar-refractivity contribution in [1.82, 2.24) is 19.4 Å². The minimum atomic E-state index is -0.508. The van der Waals surface area contributed by atoms with Gasteiger partial charge in [-0.2, -0.15) is 0 Å². The van der Waals surface area contributed by atoms with Crippen molar-refractivity contribution in [1.29, 1.82) is 0 Å². The second-order valence-electron chi connectivity index (χ2n) is 9.55. The molecule has 11 heteroatoms. The zero-order valence-electron chi connectivity index (χ0n) is 21.4. The summed E-state index contributed by atoms with van der Waals surface area (Å²) in [5.74, 6) is -0.309. The largest absolute Gasteiger partial charge is 0.450 e. The summed E-state index contributed by atoms with van der Waals surface area (Å²) in [6.45, 7) is 3.84. The lowest BCUT2D eigenvalue weighted by molar-refractivity contribution is -0.122. The van der Waals surface area contributed by atoms with E-state index in [-0.39, 0.29) is 37.3 Å². The third-order valence-electron chi connectivity index (χ3n) is 7.05. The average Bonchev–Trinajstić information content (AvgIpc) is 3.58. The zero-order valence-corrected chi connectivity index (χ0v) is 22.3. The predicted molar refractivity (Wildman–Crippen MR) is 144 cm³/mol. The van der Waals surface area contributed by atoms with E-state index in [4.69, 9.17) is 9.47 Å². The van der Waals surface area contributed by atoms with Gasteiger partial charge in [-0.15, -0.1) is 11.3 Å². The maximum absolute atomic E-state index is 13.7. The molecule has 2 aliphatic heterocycles. The van der Waals surface area contributed by atoms with Gasteiger partial charge in [-0.05, 0) is 43.7 Å². The monoisotopic (exact) mass is 540 g/mol. The Morgan fingerprint density at radius 2 is 2.00 bits per heavy atom. The molecule has 0 unspecified atom stereocenters. The van der Waals surface area contributed by atoms with Gasteiger partial charge >= 0.3 is 11.8 Å². The summed E-state index contributed by atoms with van der Waals surface area (Å²) >= 11 is 1.30. The highest BCUT2D eigenvalue weighted by molar-refractivity contribution is 7.18. The summed E-state index contributed by atoms with van der Waals surface area (Å²) in [4.78, 5) is 55.5. The van der Waals surface area contributed by atoms with E-state index in [9.17, 15) is 19.2 Å². The Morgan fingerprint density at radius 1 is 1.18 bits per heavy atom. The number of carbonyl (C=O) groups excluding carboxylic acids is 2. The summed E-state index contributed by atoms with van der Waals surface area (Å²) in [6, 6.07) is 9.67. The van der Waals surface area contributed by atoms with E-state index < -0.39 is 11.8 Å². The second-order valence-corrected chi connectivity index (χ2v) is 10.6. The number of ether oxygens (including phenoxy) is 2. The van der Waals surface area contributed by atoms with Crippen LogP contribution in [0.15, 0.2) is 39.9 Å². The molecule has 38 heavy (non-hydrogen) atoms. The van der Waals surface area contributed by atoms with Gasteiger partial charge in [0.05, 0.1) is 24.6 Å². The predicted octanol–water partition coefficient (Wildman–Crippen LogP) is 2.28. The number of fused-ring (bicyclic) bond motifs is 3. The van der Waals surface area contributed by atoms with Gasteiger partial charge in [-0.3, -0.25) is 18.7 Å². The van der Waals surface area contributed by atoms with E-state index in [2.05, 4.69) is 5.32 Å². The third-order valence-corrected chi connectivity index (χ3v) is 8.29. The first kappa shape index (κ1) is 26.2. The van der Waals surface area contributed by atoms with Crippen molar-refractivity contribution in [3.8, 4) is 0 Å². The summed E-state index contributed by atoms with van der Waals surface area (Å²) in [7, 11) is 0. The Balaban J connectivity index is 1.50. The zero-order chi connectivity index (χ0) is 26.6. The van der Waals surface area contributed by atoms with Crippen molar-refractivity contribution < 1.29 is 19.1 Å². The molecule has 3 aromatic rings. The molecular weight excluding hydrogens is 508 g/mol. The van der Waals surface area contributed by atoms with Gasteiger partial charge in [0.15, 0.2) is 0 Å². The SMILES string of the molecule is CCOC(=O)N1CCc2c(sc3c2c(=O)n(CCc2ccccc2)c(=O)n3CC(=O)NC[C@H]2CCCO2)C1. The fourth-order valence-electron chi connectivity index (χ4n) is 5.08. The standard InChI is InChI=1S/C27H32N4O6S/c1-2-36-27(35)29-12-11-20-21(16-29)38-25-23(20)24(33)30(13-10-18-7-4-3-5-8-18)26(34)31(25)17-22(32)28-15-19-9-6-14-37-19/h3-5,7-8,19H,2,6,9-17H2,1H3,(H,28,32)/t19-/m1/s1. The number of thiophene rings is 1. The van der Waals surface area contributed by atoms with Gasteiger partial charge in [0.1, 0.15) is 11.4 Å². The highest BCUT2D eigenvalue weighted by Gasteiger charge is 2.29. The molecular formula is C27H32N4O6S. The Kier molecular flexibility index (Phi) is 7.94. The topological polar surface area (TPSA) is 112 Å². The van der Waals surface area contributed by atoms with Crippen LogP contribution in [0.25, 0.3) is 10.2 Å². The van der Waals surface area contributed by atoms with Crippen LogP contribution in [-0.2, 0) is 46.7 Å². The normalized spacial score (nSPS) is 17.0. The van der Waals surface area contributed by atoms with Crippen LogP contribution in [0.5, 0.6) is 0 Å². The molecule has 0 radical (unpaired) electrons. The lowest BCUT2D eigenvalue weighted by Crippen LogP contribution is -2.43. The first-order valence-corrected chi connectivity index (χ1v) is 13.9. The number of benzene rings is 1. The van der Waals surface area contributed by atoms with Crippen LogP contribution in [0.1, 0.15) is 35.8 Å². The lowest BCUT2D eigenvalue weighted by Gasteiger charge is -2.25. The molecule has 0 spiro atoms. The molecule has 202 valence electrons. The quantitative estimate of drug-likeness (QED) is 0.469. The summed E-state index contributed by atoms with van der Waals surface area (Å²) < 4.78 is 13.4. The van der Waals surface area contributed by atoms with Crippen molar-refractivity contribution in [3.63, 3.8) is 0 Å². The smallest absolute Gasteiger partial charge is 0.410 e. The van der Waals surface area contributed by atoms with E-state index in [0.29, 0.717) is 49.3 Å². The van der Waals surface area contributed by atoms with Gasteiger partial charge < -0.3 is 19.7 Å². The molecule has 4 heterocycles. The third kappa shape index (κ3) is 5.39. The van der Waals surface area contributed by atoms with E-state index in [1.807, 2.05) is 30.3 Å². The van der Waals surface area contributed by atoms with E-state index in [1.165, 1.54) is 20.5 Å². The van der Waals surface area contributed by atoms with E-state index >= 15 is 0 Å². The van der Waals surface area contributed by atoms with Crippen molar-refractivity contribution in [2.24, 2.45) is 0 Å². The number of hydrogen-bond acceptors (Lipinski definition) is 7. The number of carbonyl (C=O) groups is 2. The van der Waals surface area contributed by atoms with Crippen LogP contribution >= 0.6 is 11.3 Å². The number of rotatable bonds is 8. The molecule has 5 rings (SSSR count). The summed E-state index contributed by atoms with van der Waals surface area (Å²) in [6.07, 6.45) is 2.43. The molecule has 1 saturated heterocycles. The Morgan fingerprint density at radius 3 is 2.74 bits per heavy atom. The number of nitrogens with one attached hydrogen (secondary N) is 1. The summed E-state index contributed by atoms with van der Waals surface area (Å²) in [5.41, 5.74) is 1.00. The van der Waals surface area contributed by atoms with Crippen molar-refractivity contribution >= 4 is 33.6 Å². The Bertz CT molecular complexity index is 1440. The molecule has 1 aromatic carbocycles. The molecule has 2 aliphatic rings. The molecule has 0 aliphatic carbocycles. The van der Waals surface area contributed by atoms with Crippen LogP contribution < -0.4 is 16.6 Å². The molecule has 10 nitrogen and oxygen atoms in total. The van der Waals surface area contributed by atoms with Gasteiger partial charge in [-0.25, -0.2) is 9.59 Å².